The summed E-state index contributed by atoms with van der Waals surface area (Å²) in [6, 6.07) is 29.8. The number of ether oxygens (including phenoxy) is 1. The molecule has 1 saturated heterocycles. The molecule has 4 aromatic carbocycles. The molecular weight excluding hydrogens is 591 g/mol. The Morgan fingerprint density at radius 2 is 1.50 bits per heavy atom. The topological polar surface area (TPSA) is 65.0 Å². The molecule has 0 saturated carbocycles. The van der Waals surface area contributed by atoms with Crippen LogP contribution in [0.4, 0.5) is 18.9 Å². The molecule has 230 valence electrons. The molecule has 6 nitrogen and oxygen atoms in total. The van der Waals surface area contributed by atoms with Gasteiger partial charge in [0.2, 0.25) is 0 Å². The lowest BCUT2D eigenvalue weighted by Crippen LogP contribution is -2.50. The monoisotopic (exact) mass is 623 g/mol. The Labute approximate surface area is 259 Å². The number of piperazine rings is 1. The Kier molecular flexibility index (Phi) is 10.2. The standard InChI is InChI=1S/C34H33ClF3N3O3/c35-27-14-15-31(30(21-27)33(43)39-28-13-7-12-26(20-28)34(36,37)38)44-23-29(42)22-40-16-18-41(19-17-40)32(24-8-3-1-4-9-24)25-10-5-2-6-11-25/h1-15,20-21,29,32,42H,16-19,22-23H2,(H,39,43). The van der Waals surface area contributed by atoms with Crippen molar-refractivity contribution in [2.75, 3.05) is 44.6 Å². The van der Waals surface area contributed by atoms with Gasteiger partial charge in [-0.15, -0.1) is 0 Å². The highest BCUT2D eigenvalue weighted by Gasteiger charge is 2.31. The number of carbonyl (C=O) groups excluding carboxylic acids is 1. The van der Waals surface area contributed by atoms with Crippen molar-refractivity contribution in [2.24, 2.45) is 0 Å². The first-order valence-corrected chi connectivity index (χ1v) is 14.7. The number of alkyl halides is 3. The zero-order valence-corrected chi connectivity index (χ0v) is 24.6. The second-order valence-electron chi connectivity index (χ2n) is 10.7. The molecule has 1 heterocycles. The number of carbonyl (C=O) groups is 1. The Bertz CT molecular complexity index is 1490. The third-order valence-electron chi connectivity index (χ3n) is 7.54. The summed E-state index contributed by atoms with van der Waals surface area (Å²) in [6.45, 7) is 3.46. The second-order valence-corrected chi connectivity index (χ2v) is 11.1. The predicted molar refractivity (Wildman–Crippen MR) is 165 cm³/mol. The number of benzene rings is 4. The van der Waals surface area contributed by atoms with E-state index in [1.165, 1.54) is 35.4 Å². The third-order valence-corrected chi connectivity index (χ3v) is 7.77. The quantitative estimate of drug-likeness (QED) is 0.204. The van der Waals surface area contributed by atoms with E-state index in [9.17, 15) is 23.1 Å². The Morgan fingerprint density at radius 3 is 2.11 bits per heavy atom. The van der Waals surface area contributed by atoms with Crippen LogP contribution in [-0.4, -0.2) is 66.2 Å². The van der Waals surface area contributed by atoms with Crippen LogP contribution in [0.15, 0.2) is 103 Å². The van der Waals surface area contributed by atoms with Gasteiger partial charge < -0.3 is 15.2 Å². The largest absolute Gasteiger partial charge is 0.490 e. The van der Waals surface area contributed by atoms with Gasteiger partial charge >= 0.3 is 6.18 Å². The lowest BCUT2D eigenvalue weighted by molar-refractivity contribution is -0.137. The van der Waals surface area contributed by atoms with E-state index < -0.39 is 23.8 Å². The van der Waals surface area contributed by atoms with Crippen molar-refractivity contribution in [3.63, 3.8) is 0 Å². The van der Waals surface area contributed by atoms with Crippen LogP contribution in [-0.2, 0) is 6.18 Å². The maximum atomic E-state index is 13.1. The van der Waals surface area contributed by atoms with E-state index in [1.54, 1.807) is 6.07 Å². The summed E-state index contributed by atoms with van der Waals surface area (Å²) in [7, 11) is 0. The van der Waals surface area contributed by atoms with Crippen molar-refractivity contribution in [1.29, 1.82) is 0 Å². The molecule has 1 atom stereocenters. The fourth-order valence-corrected chi connectivity index (χ4v) is 5.57. The highest BCUT2D eigenvalue weighted by molar-refractivity contribution is 6.31. The first-order chi connectivity index (χ1) is 21.2. The third kappa shape index (κ3) is 8.18. The van der Waals surface area contributed by atoms with Gasteiger partial charge in [0.05, 0.1) is 17.2 Å². The highest BCUT2D eigenvalue weighted by atomic mass is 35.5. The van der Waals surface area contributed by atoms with Crippen LogP contribution in [0.2, 0.25) is 5.02 Å². The Morgan fingerprint density at radius 1 is 0.864 bits per heavy atom. The number of amides is 1. The molecule has 4 aromatic rings. The van der Waals surface area contributed by atoms with Gasteiger partial charge in [0.15, 0.2) is 0 Å². The average Bonchev–Trinajstić information content (AvgIpc) is 3.02. The number of nitrogens with zero attached hydrogens (tertiary/aromatic N) is 2. The average molecular weight is 624 g/mol. The van der Waals surface area contributed by atoms with Crippen LogP contribution in [0.3, 0.4) is 0 Å². The van der Waals surface area contributed by atoms with Gasteiger partial charge in [-0.2, -0.15) is 13.2 Å². The van der Waals surface area contributed by atoms with Crippen LogP contribution in [0.1, 0.15) is 33.1 Å². The van der Waals surface area contributed by atoms with Gasteiger partial charge in [0.25, 0.3) is 5.91 Å². The number of anilines is 1. The van der Waals surface area contributed by atoms with E-state index in [0.717, 1.165) is 38.3 Å². The molecule has 0 bridgehead atoms. The number of rotatable bonds is 10. The zero-order valence-electron chi connectivity index (χ0n) is 23.9. The smallest absolute Gasteiger partial charge is 0.416 e. The molecule has 1 aliphatic rings. The van der Waals surface area contributed by atoms with Crippen LogP contribution in [0, 0.1) is 0 Å². The maximum absolute atomic E-state index is 13.1. The summed E-state index contributed by atoms with van der Waals surface area (Å²) < 4.78 is 45.1. The van der Waals surface area contributed by atoms with Crippen LogP contribution in [0.25, 0.3) is 0 Å². The SMILES string of the molecule is O=C(Nc1cccc(C(F)(F)F)c1)c1cc(Cl)ccc1OCC(O)CN1CCN(C(c2ccccc2)c2ccccc2)CC1. The van der Waals surface area contributed by atoms with Gasteiger partial charge in [0.1, 0.15) is 18.5 Å². The number of β-amino-alcohol motifs (C(OH)–C–C–N with tert-alkyl or cyclic N) is 1. The predicted octanol–water partition coefficient (Wildman–Crippen LogP) is 6.76. The molecule has 0 aromatic heterocycles. The van der Waals surface area contributed by atoms with Crippen LogP contribution < -0.4 is 10.1 Å². The number of nitrogens with one attached hydrogen (secondary N) is 1. The summed E-state index contributed by atoms with van der Waals surface area (Å²) in [4.78, 5) is 17.6. The molecule has 1 fully saturated rings. The molecule has 0 spiro atoms. The van der Waals surface area contributed by atoms with Crippen molar-refractivity contribution >= 4 is 23.2 Å². The van der Waals surface area contributed by atoms with Gasteiger partial charge in [-0.05, 0) is 47.5 Å². The molecule has 2 N–H and O–H groups in total. The van der Waals surface area contributed by atoms with Gasteiger partial charge in [-0.3, -0.25) is 14.6 Å². The molecule has 1 unspecified atom stereocenters. The molecule has 1 amide bonds. The van der Waals surface area contributed by atoms with Crippen LogP contribution in [0.5, 0.6) is 5.75 Å². The molecule has 44 heavy (non-hydrogen) atoms. The molecule has 10 heteroatoms. The molecule has 5 rings (SSSR count). The highest BCUT2D eigenvalue weighted by Crippen LogP contribution is 2.32. The van der Waals surface area contributed by atoms with E-state index in [4.69, 9.17) is 16.3 Å². The van der Waals surface area contributed by atoms with E-state index in [1.807, 2.05) is 12.1 Å². The molecule has 1 aliphatic heterocycles. The van der Waals surface area contributed by atoms with Crippen molar-refractivity contribution in [3.8, 4) is 5.75 Å². The number of hydrogen-bond acceptors (Lipinski definition) is 5. The summed E-state index contributed by atoms with van der Waals surface area (Å²) in [5.41, 5.74) is 1.62. The normalized spacial score (nSPS) is 15.2. The summed E-state index contributed by atoms with van der Waals surface area (Å²) in [5.74, 6) is -0.518. The second kappa shape index (κ2) is 14.3. The first-order valence-electron chi connectivity index (χ1n) is 14.3. The molecular formula is C34H33ClF3N3O3. The Hall–Kier alpha value is -3.89. The minimum atomic E-state index is -4.54. The van der Waals surface area contributed by atoms with E-state index in [-0.39, 0.29) is 34.7 Å². The number of halogens is 4. The Balaban J connectivity index is 1.17. The fourth-order valence-electron chi connectivity index (χ4n) is 5.40. The molecule has 0 radical (unpaired) electrons. The zero-order chi connectivity index (χ0) is 31.1. The number of hydrogen-bond donors (Lipinski definition) is 2. The summed E-state index contributed by atoms with van der Waals surface area (Å²) >= 11 is 6.11. The van der Waals surface area contributed by atoms with E-state index in [2.05, 4.69) is 63.6 Å². The maximum Gasteiger partial charge on any atom is 0.416 e. The minimum Gasteiger partial charge on any atom is -0.490 e. The molecule has 0 aliphatic carbocycles. The van der Waals surface area contributed by atoms with Crippen molar-refractivity contribution < 1.29 is 27.8 Å². The lowest BCUT2D eigenvalue weighted by atomic mass is 9.96. The van der Waals surface area contributed by atoms with E-state index in [0.29, 0.717) is 6.54 Å². The first kappa shape index (κ1) is 31.5. The number of aliphatic hydroxyl groups excluding tert-OH is 1. The minimum absolute atomic E-state index is 0.0169. The van der Waals surface area contributed by atoms with E-state index >= 15 is 0 Å². The summed E-state index contributed by atoms with van der Waals surface area (Å²) in [6.07, 6.45) is -5.38. The van der Waals surface area contributed by atoms with Crippen molar-refractivity contribution in [2.45, 2.75) is 18.3 Å². The van der Waals surface area contributed by atoms with Crippen molar-refractivity contribution in [1.82, 2.24) is 9.80 Å². The van der Waals surface area contributed by atoms with Gasteiger partial charge in [-0.1, -0.05) is 78.3 Å². The van der Waals surface area contributed by atoms with Gasteiger partial charge in [0, 0.05) is 43.4 Å². The number of aliphatic hydroxyl groups is 1. The van der Waals surface area contributed by atoms with Gasteiger partial charge in [-0.25, -0.2) is 0 Å². The van der Waals surface area contributed by atoms with Crippen LogP contribution >= 0.6 is 11.6 Å². The fraction of sp³-hybridized carbons (Fsp3) is 0.265. The van der Waals surface area contributed by atoms with Crippen molar-refractivity contribution in [3.05, 3.63) is 130 Å². The summed E-state index contributed by atoms with van der Waals surface area (Å²) in [5, 5.41) is 13.5. The lowest BCUT2D eigenvalue weighted by Gasteiger charge is -2.40.